The molecule has 0 amide bonds. The van der Waals surface area contributed by atoms with Gasteiger partial charge in [0.1, 0.15) is 6.33 Å². The lowest BCUT2D eigenvalue weighted by atomic mass is 10.0. The SMILES string of the molecule is CNC(c1cncnc1)c1ccc(Br)cc1Br. The molecule has 5 heteroatoms. The van der Waals surface area contributed by atoms with Crippen molar-refractivity contribution in [2.75, 3.05) is 7.05 Å². The maximum absolute atomic E-state index is 4.05. The van der Waals surface area contributed by atoms with Crippen molar-refractivity contribution in [2.45, 2.75) is 6.04 Å². The normalized spacial score (nSPS) is 12.4. The molecule has 0 radical (unpaired) electrons. The van der Waals surface area contributed by atoms with Crippen LogP contribution in [-0.2, 0) is 0 Å². The van der Waals surface area contributed by atoms with E-state index >= 15 is 0 Å². The number of rotatable bonds is 3. The second-order valence-corrected chi connectivity index (χ2v) is 5.33. The first-order valence-electron chi connectivity index (χ1n) is 5.09. The number of nitrogens with one attached hydrogen (secondary N) is 1. The zero-order valence-corrected chi connectivity index (χ0v) is 12.4. The third kappa shape index (κ3) is 2.91. The largest absolute Gasteiger partial charge is 0.309 e. The second-order valence-electron chi connectivity index (χ2n) is 3.56. The van der Waals surface area contributed by atoms with Crippen LogP contribution in [-0.4, -0.2) is 17.0 Å². The van der Waals surface area contributed by atoms with Gasteiger partial charge >= 0.3 is 0 Å². The van der Waals surface area contributed by atoms with Gasteiger partial charge in [-0.2, -0.15) is 0 Å². The Kier molecular flexibility index (Phi) is 4.25. The molecule has 0 bridgehead atoms. The van der Waals surface area contributed by atoms with E-state index in [4.69, 9.17) is 0 Å². The van der Waals surface area contributed by atoms with Crippen LogP contribution in [0.4, 0.5) is 0 Å². The summed E-state index contributed by atoms with van der Waals surface area (Å²) in [5.74, 6) is 0. The lowest BCUT2D eigenvalue weighted by Gasteiger charge is -2.18. The Labute approximate surface area is 117 Å². The highest BCUT2D eigenvalue weighted by molar-refractivity contribution is 9.11. The summed E-state index contributed by atoms with van der Waals surface area (Å²) < 4.78 is 2.10. The van der Waals surface area contributed by atoms with Gasteiger partial charge in [0.2, 0.25) is 0 Å². The van der Waals surface area contributed by atoms with E-state index in [0.29, 0.717) is 0 Å². The molecule has 2 rings (SSSR count). The van der Waals surface area contributed by atoms with Crippen molar-refractivity contribution >= 4 is 31.9 Å². The monoisotopic (exact) mass is 355 g/mol. The molecule has 2 aromatic rings. The van der Waals surface area contributed by atoms with Crippen LogP contribution >= 0.6 is 31.9 Å². The topological polar surface area (TPSA) is 37.8 Å². The van der Waals surface area contributed by atoms with Gasteiger partial charge < -0.3 is 5.32 Å². The minimum absolute atomic E-state index is 0.0821. The van der Waals surface area contributed by atoms with Gasteiger partial charge in [-0.25, -0.2) is 9.97 Å². The number of halogens is 2. The zero-order valence-electron chi connectivity index (χ0n) is 9.19. The van der Waals surface area contributed by atoms with Crippen molar-refractivity contribution in [3.63, 3.8) is 0 Å². The number of hydrogen-bond acceptors (Lipinski definition) is 3. The van der Waals surface area contributed by atoms with Crippen molar-refractivity contribution < 1.29 is 0 Å². The van der Waals surface area contributed by atoms with Crippen LogP contribution in [0.1, 0.15) is 17.2 Å². The van der Waals surface area contributed by atoms with Crippen molar-refractivity contribution in [3.05, 3.63) is 57.0 Å². The van der Waals surface area contributed by atoms with Crippen LogP contribution in [0.5, 0.6) is 0 Å². The van der Waals surface area contributed by atoms with E-state index in [-0.39, 0.29) is 6.04 Å². The number of hydrogen-bond donors (Lipinski definition) is 1. The standard InChI is InChI=1S/C12H11Br2N3/c1-15-12(8-5-16-7-17-6-8)10-3-2-9(13)4-11(10)14/h2-7,12,15H,1H3. The third-order valence-corrected chi connectivity index (χ3v) is 3.66. The summed E-state index contributed by atoms with van der Waals surface area (Å²) in [7, 11) is 1.92. The first kappa shape index (κ1) is 12.7. The van der Waals surface area contributed by atoms with Crippen LogP contribution in [0.25, 0.3) is 0 Å². The molecule has 1 N–H and O–H groups in total. The molecule has 3 nitrogen and oxygen atoms in total. The Balaban J connectivity index is 2.42. The van der Waals surface area contributed by atoms with Gasteiger partial charge in [0.25, 0.3) is 0 Å². The van der Waals surface area contributed by atoms with Crippen molar-refractivity contribution in [1.82, 2.24) is 15.3 Å². The molecular formula is C12H11Br2N3. The molecule has 0 aliphatic heterocycles. The van der Waals surface area contributed by atoms with Gasteiger partial charge in [-0.3, -0.25) is 0 Å². The fourth-order valence-electron chi connectivity index (χ4n) is 1.70. The smallest absolute Gasteiger partial charge is 0.115 e. The summed E-state index contributed by atoms with van der Waals surface area (Å²) in [5, 5.41) is 3.27. The summed E-state index contributed by atoms with van der Waals surface area (Å²) in [5.41, 5.74) is 2.20. The van der Waals surface area contributed by atoms with Gasteiger partial charge in [-0.15, -0.1) is 0 Å². The summed E-state index contributed by atoms with van der Waals surface area (Å²) in [6, 6.07) is 6.21. The minimum atomic E-state index is 0.0821. The third-order valence-electron chi connectivity index (χ3n) is 2.48. The lowest BCUT2D eigenvalue weighted by Crippen LogP contribution is -2.18. The molecule has 1 heterocycles. The van der Waals surface area contributed by atoms with E-state index in [9.17, 15) is 0 Å². The molecule has 1 atom stereocenters. The molecule has 1 aromatic carbocycles. The van der Waals surface area contributed by atoms with Crippen LogP contribution in [0, 0.1) is 0 Å². The predicted molar refractivity (Wildman–Crippen MR) is 74.8 cm³/mol. The van der Waals surface area contributed by atoms with E-state index in [0.717, 1.165) is 20.1 Å². The molecule has 0 saturated carbocycles. The summed E-state index contributed by atoms with van der Waals surface area (Å²) in [6.45, 7) is 0. The highest BCUT2D eigenvalue weighted by atomic mass is 79.9. The maximum atomic E-state index is 4.05. The van der Waals surface area contributed by atoms with Gasteiger partial charge in [-0.05, 0) is 24.7 Å². The van der Waals surface area contributed by atoms with Crippen molar-refractivity contribution in [2.24, 2.45) is 0 Å². The molecular weight excluding hydrogens is 346 g/mol. The van der Waals surface area contributed by atoms with E-state index in [1.165, 1.54) is 6.33 Å². The highest BCUT2D eigenvalue weighted by Crippen LogP contribution is 2.30. The predicted octanol–water partition coefficient (Wildman–Crippen LogP) is 3.31. The fraction of sp³-hybridized carbons (Fsp3) is 0.167. The minimum Gasteiger partial charge on any atom is -0.309 e. The fourth-order valence-corrected chi connectivity index (χ4v) is 2.97. The highest BCUT2D eigenvalue weighted by Gasteiger charge is 2.15. The number of aromatic nitrogens is 2. The van der Waals surface area contributed by atoms with Crippen molar-refractivity contribution in [3.8, 4) is 0 Å². The van der Waals surface area contributed by atoms with E-state index < -0.39 is 0 Å². The molecule has 1 unspecified atom stereocenters. The molecule has 0 aliphatic rings. The van der Waals surface area contributed by atoms with E-state index in [1.807, 2.05) is 31.6 Å². The number of nitrogens with zero attached hydrogens (tertiary/aromatic N) is 2. The quantitative estimate of drug-likeness (QED) is 0.916. The Morgan fingerprint density at radius 3 is 2.47 bits per heavy atom. The van der Waals surface area contributed by atoms with E-state index in [2.05, 4.69) is 53.2 Å². The Morgan fingerprint density at radius 2 is 1.88 bits per heavy atom. The average Bonchev–Trinajstić information content (AvgIpc) is 2.34. The Hall–Kier alpha value is -0.780. The van der Waals surface area contributed by atoms with Crippen molar-refractivity contribution in [1.29, 1.82) is 0 Å². The van der Waals surface area contributed by atoms with E-state index in [1.54, 1.807) is 0 Å². The lowest BCUT2D eigenvalue weighted by molar-refractivity contribution is 0.681. The van der Waals surface area contributed by atoms with Gasteiger partial charge in [0, 0.05) is 26.9 Å². The second kappa shape index (κ2) is 5.71. The molecule has 17 heavy (non-hydrogen) atoms. The van der Waals surface area contributed by atoms with Crippen LogP contribution in [0.2, 0.25) is 0 Å². The first-order chi connectivity index (χ1) is 8.22. The Bertz CT molecular complexity index is 502. The molecule has 0 fully saturated rings. The summed E-state index contributed by atoms with van der Waals surface area (Å²) in [6.07, 6.45) is 5.18. The van der Waals surface area contributed by atoms with Gasteiger partial charge in [0.05, 0.1) is 6.04 Å². The average molecular weight is 357 g/mol. The summed E-state index contributed by atoms with van der Waals surface area (Å²) >= 11 is 7.02. The van der Waals surface area contributed by atoms with Gasteiger partial charge in [-0.1, -0.05) is 37.9 Å². The molecule has 0 aliphatic carbocycles. The molecule has 0 spiro atoms. The maximum Gasteiger partial charge on any atom is 0.115 e. The van der Waals surface area contributed by atoms with Crippen LogP contribution in [0.15, 0.2) is 45.9 Å². The number of benzene rings is 1. The summed E-state index contributed by atoms with van der Waals surface area (Å²) in [4.78, 5) is 8.10. The van der Waals surface area contributed by atoms with Crippen LogP contribution in [0.3, 0.4) is 0 Å². The molecule has 1 aromatic heterocycles. The van der Waals surface area contributed by atoms with Gasteiger partial charge in [0.15, 0.2) is 0 Å². The molecule has 88 valence electrons. The zero-order chi connectivity index (χ0) is 12.3. The molecule has 0 saturated heterocycles. The first-order valence-corrected chi connectivity index (χ1v) is 6.68. The van der Waals surface area contributed by atoms with Crippen LogP contribution < -0.4 is 5.32 Å². The Morgan fingerprint density at radius 1 is 1.18 bits per heavy atom.